The van der Waals surface area contributed by atoms with E-state index in [1.54, 1.807) is 18.2 Å². The maximum absolute atomic E-state index is 13.2. The summed E-state index contributed by atoms with van der Waals surface area (Å²) in [7, 11) is -4.13. The average Bonchev–Trinajstić information content (AvgIpc) is 2.80. The van der Waals surface area contributed by atoms with Crippen molar-refractivity contribution in [1.82, 2.24) is 5.32 Å². The molecule has 4 rings (SSSR count). The summed E-state index contributed by atoms with van der Waals surface area (Å²) >= 11 is 6.17. The number of rotatable bonds is 5. The van der Waals surface area contributed by atoms with Gasteiger partial charge in [0.25, 0.3) is 11.8 Å². The maximum atomic E-state index is 13.2. The van der Waals surface area contributed by atoms with Gasteiger partial charge in [-0.15, -0.1) is 0 Å². The Morgan fingerprint density at radius 2 is 1.62 bits per heavy atom. The first-order valence-corrected chi connectivity index (χ1v) is 11.4. The van der Waals surface area contributed by atoms with Gasteiger partial charge in [-0.3, -0.25) is 14.9 Å². The highest BCUT2D eigenvalue weighted by molar-refractivity contribution is 7.87. The minimum atomic E-state index is -4.13. The zero-order valence-corrected chi connectivity index (χ0v) is 18.6. The summed E-state index contributed by atoms with van der Waals surface area (Å²) in [5.41, 5.74) is -0.0536. The van der Waals surface area contributed by atoms with Gasteiger partial charge >= 0.3 is 16.1 Å². The van der Waals surface area contributed by atoms with Crippen LogP contribution in [0.15, 0.2) is 83.3 Å². The monoisotopic (exact) mass is 500 g/mol. The largest absolute Gasteiger partial charge is 0.377 e. The van der Waals surface area contributed by atoms with Gasteiger partial charge in [-0.25, -0.2) is 14.1 Å². The summed E-state index contributed by atoms with van der Waals surface area (Å²) in [6, 6.07) is 15.0. The molecular formula is C23H14ClFN2O6S. The third kappa shape index (κ3) is 4.68. The maximum Gasteiger partial charge on any atom is 0.339 e. The molecular weight excluding hydrogens is 487 g/mol. The first-order valence-electron chi connectivity index (χ1n) is 9.62. The van der Waals surface area contributed by atoms with E-state index in [9.17, 15) is 27.2 Å². The van der Waals surface area contributed by atoms with Gasteiger partial charge in [0.2, 0.25) is 0 Å². The fourth-order valence-electron chi connectivity index (χ4n) is 3.08. The second kappa shape index (κ2) is 9.08. The standard InChI is InChI=1S/C23H14ClFN2O6S/c24-19-13-14(6-11-20(19)33-34(31,32)17-4-2-1-3-5-17)12-18-21(28)26-23(30)27(22(18)29)16-9-7-15(25)8-10-16/h1-13H,(H,26,28,30)/b18-12+. The van der Waals surface area contributed by atoms with Crippen molar-refractivity contribution in [2.45, 2.75) is 4.90 Å². The number of hydrogen-bond acceptors (Lipinski definition) is 6. The number of amides is 4. The number of anilines is 1. The lowest BCUT2D eigenvalue weighted by atomic mass is 10.1. The zero-order valence-electron chi connectivity index (χ0n) is 17.1. The Morgan fingerprint density at radius 1 is 0.941 bits per heavy atom. The summed E-state index contributed by atoms with van der Waals surface area (Å²) in [5, 5.41) is 1.95. The molecule has 0 spiro atoms. The molecule has 8 nitrogen and oxygen atoms in total. The summed E-state index contributed by atoms with van der Waals surface area (Å²) in [4.78, 5) is 38.0. The van der Waals surface area contributed by atoms with Crippen molar-refractivity contribution in [1.29, 1.82) is 0 Å². The molecule has 4 amide bonds. The minimum Gasteiger partial charge on any atom is -0.377 e. The normalized spacial score (nSPS) is 15.4. The number of imide groups is 2. The van der Waals surface area contributed by atoms with Crippen LogP contribution in [0.4, 0.5) is 14.9 Å². The van der Waals surface area contributed by atoms with Gasteiger partial charge in [0.05, 0.1) is 10.7 Å². The zero-order chi connectivity index (χ0) is 24.5. The number of carbonyl (C=O) groups is 3. The van der Waals surface area contributed by atoms with Crippen LogP contribution in [0.25, 0.3) is 6.08 Å². The third-order valence-corrected chi connectivity index (χ3v) is 6.23. The van der Waals surface area contributed by atoms with Gasteiger partial charge in [0.15, 0.2) is 5.75 Å². The second-order valence-corrected chi connectivity index (χ2v) is 8.93. The molecule has 172 valence electrons. The van der Waals surface area contributed by atoms with Gasteiger partial charge in [0.1, 0.15) is 16.3 Å². The smallest absolute Gasteiger partial charge is 0.339 e. The lowest BCUT2D eigenvalue weighted by Crippen LogP contribution is -2.54. The van der Waals surface area contributed by atoms with Crippen LogP contribution in [0.1, 0.15) is 5.56 Å². The van der Waals surface area contributed by atoms with E-state index in [0.29, 0.717) is 4.90 Å². The predicted molar refractivity (Wildman–Crippen MR) is 121 cm³/mol. The topological polar surface area (TPSA) is 110 Å². The van der Waals surface area contributed by atoms with Crippen LogP contribution in [0, 0.1) is 5.82 Å². The van der Waals surface area contributed by atoms with E-state index in [1.165, 1.54) is 48.5 Å². The number of urea groups is 1. The number of halogens is 2. The Kier molecular flexibility index (Phi) is 6.18. The van der Waals surface area contributed by atoms with E-state index in [0.717, 1.165) is 12.1 Å². The van der Waals surface area contributed by atoms with Crippen LogP contribution < -0.4 is 14.4 Å². The van der Waals surface area contributed by atoms with Crippen LogP contribution >= 0.6 is 11.6 Å². The second-order valence-electron chi connectivity index (χ2n) is 6.97. The van der Waals surface area contributed by atoms with Crippen molar-refractivity contribution in [2.75, 3.05) is 4.90 Å². The molecule has 1 aliphatic heterocycles. The minimum absolute atomic E-state index is 0.0627. The first-order chi connectivity index (χ1) is 16.2. The molecule has 0 atom stereocenters. The molecule has 11 heteroatoms. The van der Waals surface area contributed by atoms with Crippen LogP contribution in [-0.2, 0) is 19.7 Å². The highest BCUT2D eigenvalue weighted by Crippen LogP contribution is 2.30. The van der Waals surface area contributed by atoms with E-state index in [1.807, 2.05) is 5.32 Å². The van der Waals surface area contributed by atoms with Crippen molar-refractivity contribution < 1.29 is 31.4 Å². The van der Waals surface area contributed by atoms with Crippen LogP contribution in [0.2, 0.25) is 5.02 Å². The fourth-order valence-corrected chi connectivity index (χ4v) is 4.32. The van der Waals surface area contributed by atoms with Gasteiger partial charge in [-0.2, -0.15) is 8.42 Å². The lowest BCUT2D eigenvalue weighted by Gasteiger charge is -2.26. The van der Waals surface area contributed by atoms with Gasteiger partial charge in [0, 0.05) is 0 Å². The molecule has 0 aliphatic carbocycles. The summed E-state index contributed by atoms with van der Waals surface area (Å²) in [6.07, 6.45) is 1.18. The molecule has 0 radical (unpaired) electrons. The predicted octanol–water partition coefficient (Wildman–Crippen LogP) is 3.91. The number of carbonyl (C=O) groups excluding carboxylic acids is 3. The molecule has 1 fully saturated rings. The number of hydrogen-bond donors (Lipinski definition) is 1. The number of nitrogens with one attached hydrogen (secondary N) is 1. The molecule has 0 saturated carbocycles. The van der Waals surface area contributed by atoms with Crippen molar-refractivity contribution in [3.63, 3.8) is 0 Å². The van der Waals surface area contributed by atoms with E-state index >= 15 is 0 Å². The Bertz CT molecular complexity index is 1440. The van der Waals surface area contributed by atoms with Gasteiger partial charge in [-0.05, 0) is 60.2 Å². The molecule has 1 heterocycles. The Balaban J connectivity index is 1.62. The quantitative estimate of drug-likeness (QED) is 0.323. The summed E-state index contributed by atoms with van der Waals surface area (Å²) < 4.78 is 43.1. The SMILES string of the molecule is O=C1NC(=O)N(c2ccc(F)cc2)C(=O)/C1=C/c1ccc(OS(=O)(=O)c2ccccc2)c(Cl)c1. The summed E-state index contributed by atoms with van der Waals surface area (Å²) in [5.74, 6) is -2.58. The van der Waals surface area contributed by atoms with Crippen molar-refractivity contribution >= 4 is 51.3 Å². The number of benzene rings is 3. The third-order valence-electron chi connectivity index (χ3n) is 4.68. The first kappa shape index (κ1) is 23.1. The Morgan fingerprint density at radius 3 is 2.26 bits per heavy atom. The molecule has 3 aromatic carbocycles. The van der Waals surface area contributed by atoms with Crippen molar-refractivity contribution in [3.8, 4) is 5.75 Å². The van der Waals surface area contributed by atoms with Crippen LogP contribution in [-0.4, -0.2) is 26.3 Å². The molecule has 0 aromatic heterocycles. The highest BCUT2D eigenvalue weighted by atomic mass is 35.5. The van der Waals surface area contributed by atoms with Gasteiger partial charge < -0.3 is 4.18 Å². The van der Waals surface area contributed by atoms with Crippen LogP contribution in [0.5, 0.6) is 5.75 Å². The molecule has 0 unspecified atom stereocenters. The van der Waals surface area contributed by atoms with E-state index < -0.39 is 33.8 Å². The molecule has 1 N–H and O–H groups in total. The summed E-state index contributed by atoms with van der Waals surface area (Å²) in [6.45, 7) is 0. The average molecular weight is 501 g/mol. The molecule has 1 saturated heterocycles. The van der Waals surface area contributed by atoms with Crippen molar-refractivity contribution in [3.05, 3.63) is 94.8 Å². The molecule has 0 bridgehead atoms. The molecule has 3 aromatic rings. The number of nitrogens with zero attached hydrogens (tertiary/aromatic N) is 1. The number of barbiturate groups is 1. The van der Waals surface area contributed by atoms with Crippen LogP contribution in [0.3, 0.4) is 0 Å². The van der Waals surface area contributed by atoms with E-state index in [4.69, 9.17) is 15.8 Å². The fraction of sp³-hybridized carbons (Fsp3) is 0. The van der Waals surface area contributed by atoms with Gasteiger partial charge in [-0.1, -0.05) is 35.9 Å². The lowest BCUT2D eigenvalue weighted by molar-refractivity contribution is -0.122. The van der Waals surface area contributed by atoms with E-state index in [-0.39, 0.29) is 32.5 Å². The molecule has 1 aliphatic rings. The highest BCUT2D eigenvalue weighted by Gasteiger charge is 2.36. The van der Waals surface area contributed by atoms with E-state index in [2.05, 4.69) is 0 Å². The van der Waals surface area contributed by atoms with Crippen molar-refractivity contribution in [2.24, 2.45) is 0 Å². The Labute approximate surface area is 198 Å². The Hall–Kier alpha value is -4.02. The molecule has 34 heavy (non-hydrogen) atoms.